The lowest BCUT2D eigenvalue weighted by Gasteiger charge is -2.45. The van der Waals surface area contributed by atoms with Gasteiger partial charge in [-0.05, 0) is 62.6 Å². The van der Waals surface area contributed by atoms with Crippen LogP contribution in [0, 0.1) is 25.7 Å². The van der Waals surface area contributed by atoms with E-state index in [1.54, 1.807) is 0 Å². The van der Waals surface area contributed by atoms with E-state index in [2.05, 4.69) is 18.7 Å². The summed E-state index contributed by atoms with van der Waals surface area (Å²) in [6.07, 6.45) is 10.4. The highest BCUT2D eigenvalue weighted by molar-refractivity contribution is 6.01. The molecule has 1 aromatic rings. The van der Waals surface area contributed by atoms with E-state index in [4.69, 9.17) is 4.74 Å². The average Bonchev–Trinajstić information content (AvgIpc) is 2.76. The molecule has 2 fully saturated rings. The second-order valence-corrected chi connectivity index (χ2v) is 9.95. The number of piperidine rings is 1. The van der Waals surface area contributed by atoms with Crippen molar-refractivity contribution < 1.29 is 14.3 Å². The van der Waals surface area contributed by atoms with Gasteiger partial charge < -0.3 is 9.64 Å². The van der Waals surface area contributed by atoms with Gasteiger partial charge in [-0.25, -0.2) is 0 Å². The summed E-state index contributed by atoms with van der Waals surface area (Å²) in [5.74, 6) is 2.33. The van der Waals surface area contributed by atoms with Crippen LogP contribution < -0.4 is 4.74 Å². The maximum Gasteiger partial charge on any atom is 0.225 e. The average molecular weight is 412 g/mol. The van der Waals surface area contributed by atoms with E-state index in [1.165, 1.54) is 32.1 Å². The van der Waals surface area contributed by atoms with Gasteiger partial charge in [0.25, 0.3) is 0 Å². The van der Waals surface area contributed by atoms with E-state index < -0.39 is 5.60 Å². The number of ether oxygens (including phenoxy) is 1. The van der Waals surface area contributed by atoms with Gasteiger partial charge in [0.2, 0.25) is 5.91 Å². The molecule has 1 aliphatic carbocycles. The molecule has 0 radical (unpaired) electrons. The lowest BCUT2D eigenvalue weighted by molar-refractivity contribution is -0.140. The van der Waals surface area contributed by atoms with E-state index in [-0.39, 0.29) is 11.7 Å². The molecule has 4 rings (SSSR count). The van der Waals surface area contributed by atoms with Crippen LogP contribution in [0.15, 0.2) is 12.1 Å². The minimum absolute atomic E-state index is 0.185. The standard InChI is InChI=1S/C26H37NO3/c1-4-5-6-20-8-10-21(11-9-20)25(29)27-15-13-26(14-16-27)17-23(28)22-12-7-18(2)19(3)24(22)30-26/h7,12,20-21H,4-6,8-11,13-17H2,1-3H3. The fraction of sp³-hybridized carbons (Fsp3) is 0.692. The predicted octanol–water partition coefficient (Wildman–Crippen LogP) is 5.63. The molecule has 2 aliphatic heterocycles. The summed E-state index contributed by atoms with van der Waals surface area (Å²) in [6.45, 7) is 7.77. The molecule has 1 saturated heterocycles. The van der Waals surface area contributed by atoms with Gasteiger partial charge in [-0.15, -0.1) is 0 Å². The number of unbranched alkanes of at least 4 members (excludes halogenated alkanes) is 1. The fourth-order valence-electron chi connectivity index (χ4n) is 5.64. The van der Waals surface area contributed by atoms with Gasteiger partial charge >= 0.3 is 0 Å². The minimum Gasteiger partial charge on any atom is -0.486 e. The molecular weight excluding hydrogens is 374 g/mol. The number of carbonyl (C=O) groups is 2. The predicted molar refractivity (Wildman–Crippen MR) is 119 cm³/mol. The Labute approximate surface area is 181 Å². The third kappa shape index (κ3) is 4.15. The second-order valence-electron chi connectivity index (χ2n) is 9.95. The number of fused-ring (bicyclic) bond motifs is 1. The zero-order valence-electron chi connectivity index (χ0n) is 19.0. The fourth-order valence-corrected chi connectivity index (χ4v) is 5.64. The molecule has 1 saturated carbocycles. The monoisotopic (exact) mass is 411 g/mol. The van der Waals surface area contributed by atoms with Crippen molar-refractivity contribution in [3.8, 4) is 5.75 Å². The molecule has 2 heterocycles. The lowest BCUT2D eigenvalue weighted by Crippen LogP contribution is -2.53. The molecule has 4 heteroatoms. The molecule has 30 heavy (non-hydrogen) atoms. The number of carbonyl (C=O) groups excluding carboxylic acids is 2. The molecule has 0 N–H and O–H groups in total. The van der Waals surface area contributed by atoms with Crippen molar-refractivity contribution in [1.82, 2.24) is 4.90 Å². The normalized spacial score (nSPS) is 25.7. The highest BCUT2D eigenvalue weighted by Gasteiger charge is 2.45. The van der Waals surface area contributed by atoms with Crippen molar-refractivity contribution in [3.05, 3.63) is 28.8 Å². The Balaban J connectivity index is 1.35. The maximum atomic E-state index is 13.1. The van der Waals surface area contributed by atoms with Gasteiger partial charge in [-0.1, -0.05) is 32.3 Å². The molecule has 0 atom stereocenters. The molecule has 0 unspecified atom stereocenters. The van der Waals surface area contributed by atoms with Crippen LogP contribution in [0.4, 0.5) is 0 Å². The number of likely N-dealkylation sites (tertiary alicyclic amines) is 1. The summed E-state index contributed by atoms with van der Waals surface area (Å²) in [7, 11) is 0. The quantitative estimate of drug-likeness (QED) is 0.645. The minimum atomic E-state index is -0.433. The summed E-state index contributed by atoms with van der Waals surface area (Å²) < 4.78 is 6.51. The Morgan fingerprint density at radius 3 is 2.50 bits per heavy atom. The summed E-state index contributed by atoms with van der Waals surface area (Å²) in [5.41, 5.74) is 2.51. The van der Waals surface area contributed by atoms with Crippen LogP contribution in [0.25, 0.3) is 0 Å². The van der Waals surface area contributed by atoms with E-state index >= 15 is 0 Å². The summed E-state index contributed by atoms with van der Waals surface area (Å²) >= 11 is 0. The van der Waals surface area contributed by atoms with Crippen LogP contribution in [0.2, 0.25) is 0 Å². The van der Waals surface area contributed by atoms with Gasteiger partial charge in [0.15, 0.2) is 5.78 Å². The number of aryl methyl sites for hydroxylation is 1. The van der Waals surface area contributed by atoms with Crippen LogP contribution in [-0.2, 0) is 4.79 Å². The number of benzene rings is 1. The van der Waals surface area contributed by atoms with Crippen molar-refractivity contribution in [2.24, 2.45) is 11.8 Å². The molecule has 164 valence electrons. The number of Topliss-reactive ketones (excluding diaryl/α,β-unsaturated/α-hetero) is 1. The third-order valence-electron chi connectivity index (χ3n) is 7.93. The van der Waals surface area contributed by atoms with Gasteiger partial charge in [0.1, 0.15) is 11.4 Å². The number of hydrogen-bond acceptors (Lipinski definition) is 3. The van der Waals surface area contributed by atoms with E-state index in [1.807, 2.05) is 19.1 Å². The second kappa shape index (κ2) is 8.72. The first kappa shape index (κ1) is 21.4. The SMILES string of the molecule is CCCCC1CCC(C(=O)N2CCC3(CC2)CC(=O)c2ccc(C)c(C)c2O3)CC1. The molecule has 1 spiro atoms. The highest BCUT2D eigenvalue weighted by atomic mass is 16.5. The van der Waals surface area contributed by atoms with Crippen LogP contribution in [0.5, 0.6) is 5.75 Å². The number of rotatable bonds is 4. The molecule has 4 nitrogen and oxygen atoms in total. The summed E-state index contributed by atoms with van der Waals surface area (Å²) in [5, 5.41) is 0. The van der Waals surface area contributed by atoms with Gasteiger partial charge in [-0.3, -0.25) is 9.59 Å². The first-order valence-electron chi connectivity index (χ1n) is 12.0. The molecule has 1 aromatic carbocycles. The van der Waals surface area contributed by atoms with Crippen LogP contribution in [0.3, 0.4) is 0 Å². The number of amides is 1. The van der Waals surface area contributed by atoms with Crippen molar-refractivity contribution in [2.75, 3.05) is 13.1 Å². The van der Waals surface area contributed by atoms with Crippen LogP contribution in [0.1, 0.15) is 92.6 Å². The van der Waals surface area contributed by atoms with Crippen LogP contribution in [-0.4, -0.2) is 35.3 Å². The van der Waals surface area contributed by atoms with E-state index in [0.29, 0.717) is 25.4 Å². The molecule has 0 bridgehead atoms. The van der Waals surface area contributed by atoms with Crippen molar-refractivity contribution in [2.45, 2.75) is 90.6 Å². The number of nitrogens with zero attached hydrogens (tertiary/aromatic N) is 1. The van der Waals surface area contributed by atoms with Crippen molar-refractivity contribution in [1.29, 1.82) is 0 Å². The number of hydrogen-bond donors (Lipinski definition) is 0. The van der Waals surface area contributed by atoms with Gasteiger partial charge in [-0.2, -0.15) is 0 Å². The van der Waals surface area contributed by atoms with Crippen LogP contribution >= 0.6 is 0 Å². The van der Waals surface area contributed by atoms with Crippen molar-refractivity contribution >= 4 is 11.7 Å². The Morgan fingerprint density at radius 2 is 1.83 bits per heavy atom. The maximum absolute atomic E-state index is 13.1. The molecular formula is C26H37NO3. The van der Waals surface area contributed by atoms with Gasteiger partial charge in [0.05, 0.1) is 12.0 Å². The Morgan fingerprint density at radius 1 is 1.13 bits per heavy atom. The molecule has 1 amide bonds. The largest absolute Gasteiger partial charge is 0.486 e. The first-order chi connectivity index (χ1) is 14.4. The zero-order chi connectivity index (χ0) is 21.3. The Hall–Kier alpha value is -1.84. The lowest BCUT2D eigenvalue weighted by atomic mass is 9.78. The highest BCUT2D eigenvalue weighted by Crippen LogP contribution is 2.42. The van der Waals surface area contributed by atoms with Crippen molar-refractivity contribution in [3.63, 3.8) is 0 Å². The topological polar surface area (TPSA) is 46.6 Å². The summed E-state index contributed by atoms with van der Waals surface area (Å²) in [4.78, 5) is 28.0. The van der Waals surface area contributed by atoms with E-state index in [0.717, 1.165) is 54.0 Å². The molecule has 3 aliphatic rings. The summed E-state index contributed by atoms with van der Waals surface area (Å²) in [6, 6.07) is 3.91. The Bertz CT molecular complexity index is 799. The van der Waals surface area contributed by atoms with Gasteiger partial charge in [0, 0.05) is 31.8 Å². The van der Waals surface area contributed by atoms with E-state index in [9.17, 15) is 9.59 Å². The first-order valence-corrected chi connectivity index (χ1v) is 12.0. The zero-order valence-corrected chi connectivity index (χ0v) is 19.0. The number of ketones is 1. The Kier molecular flexibility index (Phi) is 6.22. The smallest absolute Gasteiger partial charge is 0.225 e. The molecule has 0 aromatic heterocycles. The third-order valence-corrected chi connectivity index (χ3v) is 7.93.